The number of hydrogen-bond donors (Lipinski definition) is 0. The first-order chi connectivity index (χ1) is 17.1. The summed E-state index contributed by atoms with van der Waals surface area (Å²) in [4.78, 5) is 26.8. The Kier molecular flexibility index (Phi) is 4.08. The lowest BCUT2D eigenvalue weighted by atomic mass is 9.84. The highest BCUT2D eigenvalue weighted by molar-refractivity contribution is 6.40. The molecule has 0 amide bonds. The Labute approximate surface area is 201 Å². The smallest absolute Gasteiger partial charge is 0.194 e. The summed E-state index contributed by atoms with van der Waals surface area (Å²) in [6.45, 7) is 4.25. The van der Waals surface area contributed by atoms with Crippen molar-refractivity contribution in [3.8, 4) is 0 Å². The lowest BCUT2D eigenvalue weighted by Gasteiger charge is -2.18. The highest BCUT2D eigenvalue weighted by Crippen LogP contribution is 2.45. The van der Waals surface area contributed by atoms with Gasteiger partial charge in [-0.25, -0.2) is 0 Å². The largest absolute Gasteiger partial charge is 0.289 e. The topological polar surface area (TPSA) is 34.1 Å². The van der Waals surface area contributed by atoms with Crippen LogP contribution in [0.5, 0.6) is 0 Å². The molecular formula is C33H22O2. The molecule has 0 unspecified atom stereocenters. The van der Waals surface area contributed by atoms with Crippen LogP contribution in [0.25, 0.3) is 75.4 Å². The first-order valence-corrected chi connectivity index (χ1v) is 12.2. The molecule has 2 nitrogen and oxygen atoms in total. The van der Waals surface area contributed by atoms with Crippen molar-refractivity contribution < 1.29 is 0 Å². The summed E-state index contributed by atoms with van der Waals surface area (Å²) >= 11 is 0. The van der Waals surface area contributed by atoms with E-state index in [0.717, 1.165) is 75.4 Å². The molecule has 8 aromatic rings. The van der Waals surface area contributed by atoms with Crippen molar-refractivity contribution >= 4 is 75.4 Å². The second kappa shape index (κ2) is 7.10. The lowest BCUT2D eigenvalue weighted by Crippen LogP contribution is -2.06. The van der Waals surface area contributed by atoms with Crippen LogP contribution in [0, 0.1) is 0 Å². The molecule has 0 N–H and O–H groups in total. The van der Waals surface area contributed by atoms with E-state index in [1.807, 2.05) is 60.7 Å². The van der Waals surface area contributed by atoms with Gasteiger partial charge in [-0.15, -0.1) is 0 Å². The number of fused-ring (bicyclic) bond motifs is 4. The van der Waals surface area contributed by atoms with Crippen molar-refractivity contribution in [2.75, 3.05) is 0 Å². The SMILES string of the molecule is CCC.O=c1c2ccccc2c2cc3ccc4c(=O)c5ccccc5c5cc6ccc1c2c6c3c45. The zero-order chi connectivity index (χ0) is 23.8. The Bertz CT molecular complexity index is 2030. The van der Waals surface area contributed by atoms with E-state index >= 15 is 0 Å². The third kappa shape index (κ3) is 2.49. The fourth-order valence-electron chi connectivity index (χ4n) is 5.96. The molecule has 8 aromatic carbocycles. The van der Waals surface area contributed by atoms with Gasteiger partial charge in [-0.05, 0) is 67.4 Å². The summed E-state index contributed by atoms with van der Waals surface area (Å²) in [5, 5.41) is 13.6. The van der Waals surface area contributed by atoms with E-state index < -0.39 is 0 Å². The molecular weight excluding hydrogens is 428 g/mol. The fourth-order valence-corrected chi connectivity index (χ4v) is 5.96. The van der Waals surface area contributed by atoms with Gasteiger partial charge in [-0.1, -0.05) is 80.9 Å². The molecule has 0 aliphatic carbocycles. The number of benzene rings is 8. The average Bonchev–Trinajstić information content (AvgIpc) is 2.90. The van der Waals surface area contributed by atoms with Gasteiger partial charge in [0.05, 0.1) is 0 Å². The minimum Gasteiger partial charge on any atom is -0.289 e. The van der Waals surface area contributed by atoms with E-state index in [0.29, 0.717) is 0 Å². The van der Waals surface area contributed by atoms with Gasteiger partial charge in [-0.2, -0.15) is 0 Å². The van der Waals surface area contributed by atoms with E-state index in [-0.39, 0.29) is 10.9 Å². The lowest BCUT2D eigenvalue weighted by molar-refractivity contribution is 1.09. The Hall–Kier alpha value is -4.30. The Morgan fingerprint density at radius 3 is 1.20 bits per heavy atom. The molecule has 0 aromatic heterocycles. The number of rotatable bonds is 0. The maximum Gasteiger partial charge on any atom is 0.194 e. The number of hydrogen-bond acceptors (Lipinski definition) is 2. The normalized spacial score (nSPS) is 12.1. The predicted octanol–water partition coefficient (Wildman–Crippen LogP) is 8.21. The predicted molar refractivity (Wildman–Crippen MR) is 151 cm³/mol. The third-order valence-corrected chi connectivity index (χ3v) is 7.28. The molecule has 166 valence electrons. The van der Waals surface area contributed by atoms with Crippen molar-refractivity contribution in [1.82, 2.24) is 0 Å². The van der Waals surface area contributed by atoms with Crippen molar-refractivity contribution in [2.24, 2.45) is 0 Å². The monoisotopic (exact) mass is 450 g/mol. The van der Waals surface area contributed by atoms with Crippen molar-refractivity contribution in [3.63, 3.8) is 0 Å². The van der Waals surface area contributed by atoms with Gasteiger partial charge in [0.1, 0.15) is 0 Å². The zero-order valence-corrected chi connectivity index (χ0v) is 19.6. The van der Waals surface area contributed by atoms with Crippen LogP contribution < -0.4 is 10.9 Å². The van der Waals surface area contributed by atoms with Crippen LogP contribution in [-0.4, -0.2) is 0 Å². The highest BCUT2D eigenvalue weighted by atomic mass is 16.1. The second-order valence-electron chi connectivity index (χ2n) is 9.48. The quantitative estimate of drug-likeness (QED) is 0.172. The molecule has 0 saturated heterocycles. The Morgan fingerprint density at radius 2 is 0.800 bits per heavy atom. The third-order valence-electron chi connectivity index (χ3n) is 7.28. The van der Waals surface area contributed by atoms with Crippen molar-refractivity contribution in [3.05, 3.63) is 105 Å². The maximum atomic E-state index is 13.4. The van der Waals surface area contributed by atoms with E-state index in [2.05, 4.69) is 38.1 Å². The van der Waals surface area contributed by atoms with Crippen LogP contribution in [-0.2, 0) is 0 Å². The van der Waals surface area contributed by atoms with Crippen LogP contribution in [0.15, 0.2) is 94.5 Å². The Balaban J connectivity index is 0.000000669. The first-order valence-electron chi connectivity index (χ1n) is 12.2. The summed E-state index contributed by atoms with van der Waals surface area (Å²) in [7, 11) is 0. The molecule has 0 saturated carbocycles. The summed E-state index contributed by atoms with van der Waals surface area (Å²) in [5.74, 6) is 0. The molecule has 0 bridgehead atoms. The Morgan fingerprint density at radius 1 is 0.429 bits per heavy atom. The molecule has 0 radical (unpaired) electrons. The summed E-state index contributed by atoms with van der Waals surface area (Å²) in [5.41, 5.74) is 0.139. The van der Waals surface area contributed by atoms with Gasteiger partial charge in [0.25, 0.3) is 0 Å². The molecule has 0 aliphatic heterocycles. The van der Waals surface area contributed by atoms with Crippen LogP contribution in [0.2, 0.25) is 0 Å². The van der Waals surface area contributed by atoms with Crippen LogP contribution in [0.4, 0.5) is 0 Å². The van der Waals surface area contributed by atoms with Gasteiger partial charge in [0.2, 0.25) is 0 Å². The van der Waals surface area contributed by atoms with Crippen LogP contribution in [0.1, 0.15) is 20.3 Å². The summed E-state index contributed by atoms with van der Waals surface area (Å²) < 4.78 is 0. The van der Waals surface area contributed by atoms with E-state index in [9.17, 15) is 9.59 Å². The second-order valence-corrected chi connectivity index (χ2v) is 9.48. The zero-order valence-electron chi connectivity index (χ0n) is 19.6. The molecule has 0 heterocycles. The van der Waals surface area contributed by atoms with E-state index in [4.69, 9.17) is 0 Å². The molecule has 0 fully saturated rings. The van der Waals surface area contributed by atoms with Gasteiger partial charge < -0.3 is 0 Å². The average molecular weight is 451 g/mol. The van der Waals surface area contributed by atoms with Crippen LogP contribution >= 0.6 is 0 Å². The minimum absolute atomic E-state index is 0.0694. The molecule has 0 spiro atoms. The van der Waals surface area contributed by atoms with Gasteiger partial charge >= 0.3 is 0 Å². The fraction of sp³-hybridized carbons (Fsp3) is 0.0909. The molecule has 8 rings (SSSR count). The van der Waals surface area contributed by atoms with E-state index in [1.165, 1.54) is 6.42 Å². The first kappa shape index (κ1) is 20.1. The van der Waals surface area contributed by atoms with E-state index in [1.54, 1.807) is 0 Å². The molecule has 0 aliphatic rings. The minimum atomic E-state index is 0.0694. The van der Waals surface area contributed by atoms with Crippen LogP contribution in [0.3, 0.4) is 0 Å². The molecule has 2 heteroatoms. The van der Waals surface area contributed by atoms with Crippen molar-refractivity contribution in [1.29, 1.82) is 0 Å². The highest BCUT2D eigenvalue weighted by Gasteiger charge is 2.21. The summed E-state index contributed by atoms with van der Waals surface area (Å²) in [6.07, 6.45) is 1.25. The molecule has 35 heavy (non-hydrogen) atoms. The molecule has 0 atom stereocenters. The van der Waals surface area contributed by atoms with Gasteiger partial charge in [-0.3, -0.25) is 9.59 Å². The van der Waals surface area contributed by atoms with Crippen molar-refractivity contribution in [2.45, 2.75) is 20.3 Å². The van der Waals surface area contributed by atoms with Gasteiger partial charge in [0.15, 0.2) is 10.9 Å². The van der Waals surface area contributed by atoms with Gasteiger partial charge in [0, 0.05) is 32.3 Å². The maximum absolute atomic E-state index is 13.4. The standard InChI is InChI=1S/C30H14O2.C3H8/c31-29-19-7-3-1-5-17(19)23-13-15-9-12-22-28-24(18-6-2-4-8-20(18)30(22)32)14-16-10-11-21(29)27(23)25(16)26(15)28;1-3-2/h1-14H;3H2,1-2H3. The summed E-state index contributed by atoms with van der Waals surface area (Å²) in [6, 6.07) is 28.2.